The molecule has 0 aromatic heterocycles. The Morgan fingerprint density at radius 3 is 2.21 bits per heavy atom. The number of nitrogens with zero attached hydrogens (tertiary/aromatic N) is 1. The minimum atomic E-state index is -0.0552. The minimum Gasteiger partial charge on any atom is -0.349 e. The fourth-order valence-corrected chi connectivity index (χ4v) is 4.59. The van der Waals surface area contributed by atoms with Crippen LogP contribution in [-0.2, 0) is 22.6 Å². The summed E-state index contributed by atoms with van der Waals surface area (Å²) in [6, 6.07) is 27.9. The maximum atomic E-state index is 13.4. The molecule has 33 heavy (non-hydrogen) atoms. The molecule has 1 saturated carbocycles. The van der Waals surface area contributed by atoms with Gasteiger partial charge in [-0.3, -0.25) is 9.59 Å². The summed E-state index contributed by atoms with van der Waals surface area (Å²) < 4.78 is 0. The molecule has 1 N–H and O–H groups in total. The van der Waals surface area contributed by atoms with E-state index in [0.717, 1.165) is 48.1 Å². The molecule has 2 amide bonds. The van der Waals surface area contributed by atoms with Crippen molar-refractivity contribution in [1.29, 1.82) is 0 Å². The van der Waals surface area contributed by atoms with Crippen LogP contribution in [0.4, 0.5) is 5.69 Å². The first-order chi connectivity index (χ1) is 16.1. The monoisotopic (exact) mass is 440 g/mol. The van der Waals surface area contributed by atoms with Crippen molar-refractivity contribution < 1.29 is 9.59 Å². The number of hydrogen-bond donors (Lipinski definition) is 1. The Hall–Kier alpha value is -3.40. The Kier molecular flexibility index (Phi) is 7.56. The highest BCUT2D eigenvalue weighted by Crippen LogP contribution is 2.30. The third-order valence-corrected chi connectivity index (χ3v) is 6.42. The molecule has 4 heteroatoms. The van der Waals surface area contributed by atoms with Gasteiger partial charge in [0.2, 0.25) is 11.8 Å². The lowest BCUT2D eigenvalue weighted by Crippen LogP contribution is -2.35. The van der Waals surface area contributed by atoms with Crippen molar-refractivity contribution in [3.05, 3.63) is 102 Å². The number of amides is 2. The van der Waals surface area contributed by atoms with Crippen LogP contribution >= 0.6 is 0 Å². The highest BCUT2D eigenvalue weighted by molar-refractivity contribution is 5.95. The predicted octanol–water partition coefficient (Wildman–Crippen LogP) is 5.83. The number of carbonyl (C=O) groups excluding carboxylic acids is 2. The van der Waals surface area contributed by atoms with Crippen molar-refractivity contribution in [3.8, 4) is 0 Å². The molecule has 0 aliphatic heterocycles. The van der Waals surface area contributed by atoms with Gasteiger partial charge in [0.15, 0.2) is 0 Å². The largest absolute Gasteiger partial charge is 0.349 e. The van der Waals surface area contributed by atoms with Crippen molar-refractivity contribution in [2.45, 2.75) is 51.6 Å². The number of benzene rings is 3. The van der Waals surface area contributed by atoms with Crippen LogP contribution in [-0.4, -0.2) is 11.8 Å². The standard InChI is InChI=1S/C29H32N2O2/c1-22(25-14-6-3-7-15-25)30-28(32)20-24-13-10-18-27(19-24)31(21-23-11-4-2-5-12-23)29(33)26-16-8-9-17-26/h2-7,10-15,18-19,22,26H,8-9,16-17,20-21H2,1H3,(H,30,32). The van der Waals surface area contributed by atoms with Crippen LogP contribution in [0.3, 0.4) is 0 Å². The van der Waals surface area contributed by atoms with Gasteiger partial charge in [-0.25, -0.2) is 0 Å². The summed E-state index contributed by atoms with van der Waals surface area (Å²) in [5.41, 5.74) is 3.94. The van der Waals surface area contributed by atoms with Crippen LogP contribution in [0, 0.1) is 5.92 Å². The summed E-state index contributed by atoms with van der Waals surface area (Å²) >= 11 is 0. The summed E-state index contributed by atoms with van der Waals surface area (Å²) in [6.07, 6.45) is 4.44. The van der Waals surface area contributed by atoms with E-state index in [1.165, 1.54) is 0 Å². The van der Waals surface area contributed by atoms with E-state index in [9.17, 15) is 9.59 Å². The van der Waals surface area contributed by atoms with Crippen molar-refractivity contribution in [1.82, 2.24) is 5.32 Å². The van der Waals surface area contributed by atoms with Crippen LogP contribution in [0.5, 0.6) is 0 Å². The Morgan fingerprint density at radius 2 is 1.52 bits per heavy atom. The van der Waals surface area contributed by atoms with Gasteiger partial charge in [-0.1, -0.05) is 85.6 Å². The summed E-state index contributed by atoms with van der Waals surface area (Å²) in [4.78, 5) is 28.1. The van der Waals surface area contributed by atoms with E-state index in [1.807, 2.05) is 84.6 Å². The second-order valence-corrected chi connectivity index (χ2v) is 8.94. The van der Waals surface area contributed by atoms with E-state index >= 15 is 0 Å². The molecule has 1 aliphatic carbocycles. The zero-order chi connectivity index (χ0) is 23.0. The van der Waals surface area contributed by atoms with E-state index in [0.29, 0.717) is 6.54 Å². The van der Waals surface area contributed by atoms with Crippen LogP contribution in [0.25, 0.3) is 0 Å². The summed E-state index contributed by atoms with van der Waals surface area (Å²) in [5.74, 6) is 0.253. The van der Waals surface area contributed by atoms with Crippen molar-refractivity contribution in [3.63, 3.8) is 0 Å². The number of anilines is 1. The third kappa shape index (κ3) is 6.10. The van der Waals surface area contributed by atoms with Gasteiger partial charge in [-0.05, 0) is 48.6 Å². The molecule has 0 radical (unpaired) electrons. The second-order valence-electron chi connectivity index (χ2n) is 8.94. The molecule has 3 aromatic carbocycles. The Bertz CT molecular complexity index is 1060. The molecular weight excluding hydrogens is 408 g/mol. The Morgan fingerprint density at radius 1 is 0.879 bits per heavy atom. The molecular formula is C29H32N2O2. The van der Waals surface area contributed by atoms with Gasteiger partial charge in [-0.15, -0.1) is 0 Å². The summed E-state index contributed by atoms with van der Waals surface area (Å²) in [5, 5.41) is 3.08. The van der Waals surface area contributed by atoms with Crippen LogP contribution in [0.1, 0.15) is 55.3 Å². The number of carbonyl (C=O) groups is 2. The molecule has 0 bridgehead atoms. The second kappa shape index (κ2) is 11.0. The van der Waals surface area contributed by atoms with Gasteiger partial charge in [0.25, 0.3) is 0 Å². The molecule has 1 atom stereocenters. The van der Waals surface area contributed by atoms with E-state index in [1.54, 1.807) is 0 Å². The molecule has 4 rings (SSSR count). The maximum Gasteiger partial charge on any atom is 0.230 e. The van der Waals surface area contributed by atoms with E-state index in [2.05, 4.69) is 17.4 Å². The topological polar surface area (TPSA) is 49.4 Å². The highest BCUT2D eigenvalue weighted by atomic mass is 16.2. The van der Waals surface area contributed by atoms with Crippen LogP contribution in [0.2, 0.25) is 0 Å². The predicted molar refractivity (Wildman–Crippen MR) is 133 cm³/mol. The lowest BCUT2D eigenvalue weighted by atomic mass is 10.0. The van der Waals surface area contributed by atoms with Crippen LogP contribution < -0.4 is 10.2 Å². The van der Waals surface area contributed by atoms with Gasteiger partial charge < -0.3 is 10.2 Å². The van der Waals surface area contributed by atoms with E-state index in [-0.39, 0.29) is 30.2 Å². The van der Waals surface area contributed by atoms with Crippen LogP contribution in [0.15, 0.2) is 84.9 Å². The number of nitrogens with one attached hydrogen (secondary N) is 1. The molecule has 1 unspecified atom stereocenters. The Balaban J connectivity index is 1.49. The maximum absolute atomic E-state index is 13.4. The quantitative estimate of drug-likeness (QED) is 0.479. The third-order valence-electron chi connectivity index (χ3n) is 6.42. The van der Waals surface area contributed by atoms with Gasteiger partial charge in [-0.2, -0.15) is 0 Å². The fraction of sp³-hybridized carbons (Fsp3) is 0.310. The fourth-order valence-electron chi connectivity index (χ4n) is 4.59. The van der Waals surface area contributed by atoms with E-state index in [4.69, 9.17) is 0 Å². The molecule has 170 valence electrons. The zero-order valence-corrected chi connectivity index (χ0v) is 19.2. The summed E-state index contributed by atoms with van der Waals surface area (Å²) in [7, 11) is 0. The SMILES string of the molecule is CC(NC(=O)Cc1cccc(N(Cc2ccccc2)C(=O)C2CCCC2)c1)c1ccccc1. The molecule has 0 spiro atoms. The van der Waals surface area contributed by atoms with Gasteiger partial charge in [0, 0.05) is 11.6 Å². The molecule has 1 fully saturated rings. The molecule has 4 nitrogen and oxygen atoms in total. The zero-order valence-electron chi connectivity index (χ0n) is 19.2. The van der Waals surface area contributed by atoms with Gasteiger partial charge in [0.1, 0.15) is 0 Å². The number of hydrogen-bond acceptors (Lipinski definition) is 2. The summed E-state index contributed by atoms with van der Waals surface area (Å²) in [6.45, 7) is 2.53. The lowest BCUT2D eigenvalue weighted by molar-refractivity contribution is -0.122. The minimum absolute atomic E-state index is 0.0276. The molecule has 1 aliphatic rings. The van der Waals surface area contributed by atoms with Gasteiger partial charge >= 0.3 is 0 Å². The highest BCUT2D eigenvalue weighted by Gasteiger charge is 2.28. The first-order valence-electron chi connectivity index (χ1n) is 11.9. The first kappa shape index (κ1) is 22.8. The molecule has 3 aromatic rings. The average Bonchev–Trinajstić information content (AvgIpc) is 3.38. The average molecular weight is 441 g/mol. The lowest BCUT2D eigenvalue weighted by Gasteiger charge is -2.26. The normalized spacial score (nSPS) is 14.6. The van der Waals surface area contributed by atoms with Crippen molar-refractivity contribution in [2.24, 2.45) is 5.92 Å². The first-order valence-corrected chi connectivity index (χ1v) is 11.9. The number of rotatable bonds is 8. The van der Waals surface area contributed by atoms with Gasteiger partial charge in [0.05, 0.1) is 19.0 Å². The molecule has 0 saturated heterocycles. The Labute approximate surface area is 196 Å². The van der Waals surface area contributed by atoms with Crippen molar-refractivity contribution >= 4 is 17.5 Å². The van der Waals surface area contributed by atoms with E-state index < -0.39 is 0 Å². The smallest absolute Gasteiger partial charge is 0.230 e. The molecule has 0 heterocycles. The van der Waals surface area contributed by atoms with Crippen molar-refractivity contribution in [2.75, 3.05) is 4.90 Å².